The van der Waals surface area contributed by atoms with Crippen LogP contribution in [0.1, 0.15) is 43.0 Å². The third-order valence-electron chi connectivity index (χ3n) is 5.22. The van der Waals surface area contributed by atoms with E-state index in [2.05, 4.69) is 0 Å². The van der Waals surface area contributed by atoms with Crippen LogP contribution in [0.3, 0.4) is 0 Å². The molecular weight excluding hydrogens is 608 g/mol. The van der Waals surface area contributed by atoms with Gasteiger partial charge in [0.15, 0.2) is 0 Å². The third kappa shape index (κ3) is 6.38. The first kappa shape index (κ1) is 22.9. The Hall–Kier alpha value is -3.26. The molecule has 0 amide bonds. The average Bonchev–Trinajstić information content (AvgIpc) is 2.86. The Labute approximate surface area is 206 Å². The second-order valence-corrected chi connectivity index (χ2v) is 9.74. The Bertz CT molecular complexity index is 1130. The van der Waals surface area contributed by atoms with Crippen LogP contribution in [0.25, 0.3) is 0 Å². The average molecular weight is 630 g/mol. The van der Waals surface area contributed by atoms with E-state index in [-0.39, 0.29) is 0 Å². The van der Waals surface area contributed by atoms with Gasteiger partial charge in [0.2, 0.25) is 0 Å². The van der Waals surface area contributed by atoms with E-state index in [1.807, 2.05) is 97.1 Å². The molecule has 0 saturated carbocycles. The van der Waals surface area contributed by atoms with Crippen LogP contribution >= 0.6 is 0 Å². The first-order valence-corrected chi connectivity index (χ1v) is 13.8. The summed E-state index contributed by atoms with van der Waals surface area (Å²) < 4.78 is 10.9. The molecule has 162 valence electrons. The van der Waals surface area contributed by atoms with E-state index in [4.69, 9.17) is 5.37 Å². The van der Waals surface area contributed by atoms with Crippen molar-refractivity contribution in [2.75, 3.05) is 0 Å². The topological polar surface area (TPSA) is 52.6 Å². The predicted molar refractivity (Wildman–Crippen MR) is 128 cm³/mol. The molecule has 0 heterocycles. The normalized spacial score (nSPS) is 10.4. The molecule has 0 fully saturated rings. The van der Waals surface area contributed by atoms with E-state index in [9.17, 15) is 9.59 Å². The fourth-order valence-electron chi connectivity index (χ4n) is 3.59. The summed E-state index contributed by atoms with van der Waals surface area (Å²) in [5.41, 5.74) is 5.01. The van der Waals surface area contributed by atoms with E-state index >= 15 is 0 Å². The van der Waals surface area contributed by atoms with Gasteiger partial charge in [-0.1, -0.05) is 0 Å². The summed E-state index contributed by atoms with van der Waals surface area (Å²) in [6, 6.07) is 34.7. The fourth-order valence-corrected chi connectivity index (χ4v) is 5.19. The molecule has 4 rings (SSSR count). The van der Waals surface area contributed by atoms with Crippen LogP contribution in [0.2, 0.25) is 0 Å². The Morgan fingerprint density at radius 1 is 0.515 bits per heavy atom. The van der Waals surface area contributed by atoms with Gasteiger partial charge in [-0.25, -0.2) is 0 Å². The first-order valence-electron chi connectivity index (χ1n) is 10.6. The van der Waals surface area contributed by atoms with Gasteiger partial charge < -0.3 is 0 Å². The van der Waals surface area contributed by atoms with E-state index < -0.39 is 37.1 Å². The molecular formula is C28H22O4Pb. The maximum absolute atomic E-state index is 12.7. The molecule has 0 unspecified atom stereocenters. The van der Waals surface area contributed by atoms with E-state index in [0.717, 1.165) is 22.3 Å². The van der Waals surface area contributed by atoms with Crippen LogP contribution in [0, 0.1) is 0 Å². The zero-order valence-electron chi connectivity index (χ0n) is 17.9. The van der Waals surface area contributed by atoms with Gasteiger partial charge in [0.05, 0.1) is 0 Å². The van der Waals surface area contributed by atoms with Crippen molar-refractivity contribution in [2.24, 2.45) is 0 Å². The third-order valence-corrected chi connectivity index (χ3v) is 7.31. The molecule has 4 aromatic rings. The van der Waals surface area contributed by atoms with Crippen molar-refractivity contribution in [2.45, 2.75) is 12.8 Å². The molecule has 0 N–H and O–H groups in total. The van der Waals surface area contributed by atoms with E-state index in [0.29, 0.717) is 24.0 Å². The summed E-state index contributed by atoms with van der Waals surface area (Å²) in [6.45, 7) is 0. The summed E-state index contributed by atoms with van der Waals surface area (Å²) in [5, 5.41) is 0. The van der Waals surface area contributed by atoms with Gasteiger partial charge in [-0.05, 0) is 0 Å². The summed E-state index contributed by atoms with van der Waals surface area (Å²) >= 11 is -2.40. The predicted octanol–water partition coefficient (Wildman–Crippen LogP) is 5.42. The van der Waals surface area contributed by atoms with Crippen LogP contribution in [-0.2, 0) is 18.2 Å². The molecule has 2 radical (unpaired) electrons. The van der Waals surface area contributed by atoms with Crippen molar-refractivity contribution in [3.63, 3.8) is 0 Å². The molecule has 0 atom stereocenters. The molecule has 33 heavy (non-hydrogen) atoms. The van der Waals surface area contributed by atoms with Gasteiger partial charge >= 0.3 is 207 Å². The van der Waals surface area contributed by atoms with Crippen LogP contribution in [0.4, 0.5) is 0 Å². The quantitative estimate of drug-likeness (QED) is 0.245. The molecule has 0 aliphatic rings. The number of rotatable bonds is 8. The van der Waals surface area contributed by atoms with Crippen molar-refractivity contribution >= 4 is 37.1 Å². The van der Waals surface area contributed by atoms with Crippen molar-refractivity contribution in [1.29, 1.82) is 0 Å². The van der Waals surface area contributed by atoms with Crippen LogP contribution < -0.4 is 0 Å². The number of benzene rings is 4. The van der Waals surface area contributed by atoms with Crippen molar-refractivity contribution in [1.82, 2.24) is 0 Å². The molecule has 5 heteroatoms. The summed E-state index contributed by atoms with van der Waals surface area (Å²) in [4.78, 5) is 25.4. The van der Waals surface area contributed by atoms with Crippen LogP contribution in [0.15, 0.2) is 109 Å². The maximum atomic E-state index is 12.7. The number of carbonyl (C=O) groups is 2. The van der Waals surface area contributed by atoms with Gasteiger partial charge in [0, 0.05) is 0 Å². The van der Waals surface area contributed by atoms with Crippen molar-refractivity contribution in [3.8, 4) is 0 Å². The van der Waals surface area contributed by atoms with Crippen LogP contribution in [0.5, 0.6) is 0 Å². The van der Waals surface area contributed by atoms with Crippen LogP contribution in [-0.4, -0.2) is 37.1 Å². The monoisotopic (exact) mass is 630 g/mol. The van der Waals surface area contributed by atoms with Gasteiger partial charge in [-0.15, -0.1) is 0 Å². The fraction of sp³-hybridized carbons (Fsp3) is 0.0714. The SMILES string of the molecule is O=C([O][Pb][O]C(=O)c1ccccc1Cc1ccccc1)c1ccccc1Cc1ccccc1. The minimum absolute atomic E-state index is 0.435. The molecule has 0 aromatic heterocycles. The Morgan fingerprint density at radius 2 is 0.879 bits per heavy atom. The molecule has 0 spiro atoms. The number of carbonyl (C=O) groups excluding carboxylic acids is 2. The molecule has 0 aliphatic carbocycles. The van der Waals surface area contributed by atoms with Gasteiger partial charge in [0.1, 0.15) is 0 Å². The second kappa shape index (κ2) is 11.6. The molecule has 0 bridgehead atoms. The second-order valence-electron chi connectivity index (χ2n) is 7.50. The van der Waals surface area contributed by atoms with Gasteiger partial charge in [0.25, 0.3) is 0 Å². The zero-order chi connectivity index (χ0) is 22.9. The van der Waals surface area contributed by atoms with Gasteiger partial charge in [-0.2, -0.15) is 0 Å². The van der Waals surface area contributed by atoms with Gasteiger partial charge in [-0.3, -0.25) is 0 Å². The minimum atomic E-state index is -2.40. The summed E-state index contributed by atoms with van der Waals surface area (Å²) in [5.74, 6) is -0.870. The molecule has 0 aliphatic heterocycles. The van der Waals surface area contributed by atoms with E-state index in [1.54, 1.807) is 12.1 Å². The Kier molecular flexibility index (Phi) is 8.03. The van der Waals surface area contributed by atoms with E-state index in [1.165, 1.54) is 0 Å². The molecule has 4 nitrogen and oxygen atoms in total. The molecule has 4 aromatic carbocycles. The zero-order valence-corrected chi connectivity index (χ0v) is 21.8. The summed E-state index contributed by atoms with van der Waals surface area (Å²) in [7, 11) is 0. The Morgan fingerprint density at radius 3 is 1.30 bits per heavy atom. The standard InChI is InChI=1S/2C14H12O2.Pb/c2*15-14(16)13-9-5-4-8-12(13)10-11-6-2-1-3-7-11;/h2*1-9H,10H2,(H,15,16);/q;;+2/p-2. The molecule has 0 saturated heterocycles. The van der Waals surface area contributed by atoms with Crippen molar-refractivity contribution < 1.29 is 15.0 Å². The summed E-state index contributed by atoms with van der Waals surface area (Å²) in [6.07, 6.45) is 1.26. The first-order chi connectivity index (χ1) is 16.2. The number of hydrogen-bond acceptors (Lipinski definition) is 4. The van der Waals surface area contributed by atoms with Crippen molar-refractivity contribution in [3.05, 3.63) is 143 Å². The number of hydrogen-bond donors (Lipinski definition) is 0. The Balaban J connectivity index is 1.38.